The van der Waals surface area contributed by atoms with Gasteiger partial charge in [-0.05, 0) is 24.3 Å². The lowest BCUT2D eigenvalue weighted by Gasteiger charge is -2.13. The van der Waals surface area contributed by atoms with Gasteiger partial charge in [0.1, 0.15) is 11.8 Å². The molecule has 0 saturated heterocycles. The maximum atomic E-state index is 12.5. The number of hydrogen-bond donors (Lipinski definition) is 0. The molecule has 6 nitrogen and oxygen atoms in total. The van der Waals surface area contributed by atoms with E-state index in [1.165, 1.54) is 14.1 Å². The van der Waals surface area contributed by atoms with Crippen molar-refractivity contribution in [1.29, 1.82) is 5.26 Å². The van der Waals surface area contributed by atoms with Crippen molar-refractivity contribution in [3.63, 3.8) is 0 Å². The van der Waals surface area contributed by atoms with Crippen LogP contribution in [0.5, 0.6) is 11.6 Å². The molecule has 9 heteroatoms. The molecular weight excluding hydrogens is 315 g/mol. The van der Waals surface area contributed by atoms with Crippen LogP contribution < -0.4 is 16.0 Å². The fourth-order valence-corrected chi connectivity index (χ4v) is 1.86. The minimum Gasteiger partial charge on any atom is -0.439 e. The number of benzene rings is 1. The molecule has 0 bridgehead atoms. The molecule has 0 atom stereocenters. The summed E-state index contributed by atoms with van der Waals surface area (Å²) in [6.07, 6.45) is -4.49. The van der Waals surface area contributed by atoms with E-state index in [-0.39, 0.29) is 11.6 Å². The van der Waals surface area contributed by atoms with Crippen LogP contribution in [0.2, 0.25) is 0 Å². The first-order chi connectivity index (χ1) is 10.7. The van der Waals surface area contributed by atoms with E-state index in [1.807, 2.05) is 0 Å². The van der Waals surface area contributed by atoms with Gasteiger partial charge in [-0.3, -0.25) is 13.9 Å². The molecule has 2 rings (SSSR count). The standard InChI is InChI=1S/C14H10F3N3O3/c1-19-11(21)10(7-18)12(20(2)13(19)22)23-9-5-3-8(4-6-9)14(15,16)17/h3-6H,1-2H3. The monoisotopic (exact) mass is 325 g/mol. The van der Waals surface area contributed by atoms with Crippen molar-refractivity contribution in [3.8, 4) is 17.7 Å². The first-order valence-electron chi connectivity index (χ1n) is 6.22. The molecule has 1 aromatic carbocycles. The third-order valence-electron chi connectivity index (χ3n) is 3.12. The Morgan fingerprint density at radius 2 is 1.65 bits per heavy atom. The van der Waals surface area contributed by atoms with Crippen molar-refractivity contribution in [2.24, 2.45) is 14.1 Å². The third kappa shape index (κ3) is 2.96. The van der Waals surface area contributed by atoms with Crippen molar-refractivity contribution in [3.05, 3.63) is 56.2 Å². The van der Waals surface area contributed by atoms with Gasteiger partial charge in [-0.25, -0.2) is 4.79 Å². The van der Waals surface area contributed by atoms with Crippen molar-refractivity contribution >= 4 is 0 Å². The van der Waals surface area contributed by atoms with Gasteiger partial charge in [-0.2, -0.15) is 18.4 Å². The Morgan fingerprint density at radius 1 is 1.09 bits per heavy atom. The molecule has 0 aliphatic carbocycles. The molecule has 0 unspecified atom stereocenters. The topological polar surface area (TPSA) is 77.0 Å². The molecule has 1 heterocycles. The van der Waals surface area contributed by atoms with Crippen LogP contribution in [-0.2, 0) is 20.3 Å². The van der Waals surface area contributed by atoms with Crippen LogP contribution in [0.25, 0.3) is 0 Å². The molecule has 120 valence electrons. The van der Waals surface area contributed by atoms with Gasteiger partial charge in [0.25, 0.3) is 5.56 Å². The van der Waals surface area contributed by atoms with E-state index >= 15 is 0 Å². The molecule has 0 aliphatic rings. The number of nitriles is 1. The van der Waals surface area contributed by atoms with Crippen molar-refractivity contribution in [2.45, 2.75) is 6.18 Å². The highest BCUT2D eigenvalue weighted by atomic mass is 19.4. The quantitative estimate of drug-likeness (QED) is 0.843. The van der Waals surface area contributed by atoms with Crippen LogP contribution in [0, 0.1) is 11.3 Å². The predicted molar refractivity (Wildman–Crippen MR) is 73.2 cm³/mol. The molecule has 0 spiro atoms. The molecule has 2 aromatic rings. The first-order valence-corrected chi connectivity index (χ1v) is 6.22. The van der Waals surface area contributed by atoms with E-state index in [2.05, 4.69) is 0 Å². The predicted octanol–water partition coefficient (Wildman–Crippen LogP) is 1.77. The summed E-state index contributed by atoms with van der Waals surface area (Å²) in [6, 6.07) is 5.28. The second-order valence-electron chi connectivity index (χ2n) is 4.62. The molecule has 0 saturated carbocycles. The van der Waals surface area contributed by atoms with Gasteiger partial charge in [0.05, 0.1) is 5.56 Å². The Kier molecular flexibility index (Phi) is 4.01. The highest BCUT2D eigenvalue weighted by Crippen LogP contribution is 2.31. The lowest BCUT2D eigenvalue weighted by molar-refractivity contribution is -0.137. The van der Waals surface area contributed by atoms with Crippen LogP contribution in [0.3, 0.4) is 0 Å². The van der Waals surface area contributed by atoms with Gasteiger partial charge in [-0.1, -0.05) is 0 Å². The largest absolute Gasteiger partial charge is 0.439 e. The molecule has 23 heavy (non-hydrogen) atoms. The molecule has 0 radical (unpaired) electrons. The van der Waals surface area contributed by atoms with Gasteiger partial charge in [0.2, 0.25) is 5.88 Å². The Bertz CT molecular complexity index is 903. The van der Waals surface area contributed by atoms with Crippen LogP contribution >= 0.6 is 0 Å². The smallest absolute Gasteiger partial charge is 0.416 e. The fourth-order valence-electron chi connectivity index (χ4n) is 1.86. The summed E-state index contributed by atoms with van der Waals surface area (Å²) in [7, 11) is 2.48. The zero-order valence-corrected chi connectivity index (χ0v) is 12.0. The highest BCUT2D eigenvalue weighted by Gasteiger charge is 2.30. The summed E-state index contributed by atoms with van der Waals surface area (Å²) in [5.74, 6) is -0.377. The lowest BCUT2D eigenvalue weighted by Crippen LogP contribution is -2.38. The molecule has 0 amide bonds. The molecule has 0 aliphatic heterocycles. The van der Waals surface area contributed by atoms with E-state index in [0.717, 1.165) is 33.4 Å². The van der Waals surface area contributed by atoms with E-state index in [1.54, 1.807) is 6.07 Å². The minimum absolute atomic E-state index is 0.0437. The van der Waals surface area contributed by atoms with Crippen LogP contribution in [0.15, 0.2) is 33.9 Å². The Balaban J connectivity index is 2.51. The van der Waals surface area contributed by atoms with Crippen molar-refractivity contribution in [1.82, 2.24) is 9.13 Å². The zero-order valence-electron chi connectivity index (χ0n) is 12.0. The maximum absolute atomic E-state index is 12.5. The Labute approximate surface area is 127 Å². The average molecular weight is 325 g/mol. The number of ether oxygens (including phenoxy) is 1. The lowest BCUT2D eigenvalue weighted by atomic mass is 10.2. The Morgan fingerprint density at radius 3 is 2.13 bits per heavy atom. The van der Waals surface area contributed by atoms with Gasteiger partial charge in [-0.15, -0.1) is 0 Å². The molecule has 1 aromatic heterocycles. The summed E-state index contributed by atoms with van der Waals surface area (Å²) in [4.78, 5) is 23.7. The molecule has 0 N–H and O–H groups in total. The zero-order chi connectivity index (χ0) is 17.4. The number of rotatable bonds is 2. The average Bonchev–Trinajstić information content (AvgIpc) is 2.50. The maximum Gasteiger partial charge on any atom is 0.416 e. The summed E-state index contributed by atoms with van der Waals surface area (Å²) in [5, 5.41) is 9.06. The fraction of sp³-hybridized carbons (Fsp3) is 0.214. The summed E-state index contributed by atoms with van der Waals surface area (Å²) >= 11 is 0. The van der Waals surface area contributed by atoms with E-state index in [9.17, 15) is 22.8 Å². The molecule has 0 fully saturated rings. The number of aromatic nitrogens is 2. The highest BCUT2D eigenvalue weighted by molar-refractivity contribution is 5.40. The van der Waals surface area contributed by atoms with E-state index in [0.29, 0.717) is 0 Å². The third-order valence-corrected chi connectivity index (χ3v) is 3.12. The second-order valence-corrected chi connectivity index (χ2v) is 4.62. The van der Waals surface area contributed by atoms with Crippen molar-refractivity contribution in [2.75, 3.05) is 0 Å². The summed E-state index contributed by atoms with van der Waals surface area (Å²) in [6.45, 7) is 0. The van der Waals surface area contributed by atoms with E-state index < -0.39 is 28.6 Å². The van der Waals surface area contributed by atoms with Crippen molar-refractivity contribution < 1.29 is 17.9 Å². The van der Waals surface area contributed by atoms with Crippen LogP contribution in [0.1, 0.15) is 11.1 Å². The van der Waals surface area contributed by atoms with Gasteiger partial charge >= 0.3 is 11.9 Å². The van der Waals surface area contributed by atoms with E-state index in [4.69, 9.17) is 10.00 Å². The molecular formula is C14H10F3N3O3. The summed E-state index contributed by atoms with van der Waals surface area (Å²) in [5.41, 5.74) is -2.87. The van der Waals surface area contributed by atoms with Gasteiger partial charge in [0, 0.05) is 14.1 Å². The van der Waals surface area contributed by atoms with Crippen LogP contribution in [0.4, 0.5) is 13.2 Å². The van der Waals surface area contributed by atoms with Gasteiger partial charge in [0.15, 0.2) is 5.56 Å². The van der Waals surface area contributed by atoms with Crippen LogP contribution in [-0.4, -0.2) is 9.13 Å². The summed E-state index contributed by atoms with van der Waals surface area (Å²) < 4.78 is 44.5. The first kappa shape index (κ1) is 16.4. The van der Waals surface area contributed by atoms with Gasteiger partial charge < -0.3 is 4.74 Å². The number of halogens is 3. The number of nitrogens with zero attached hydrogens (tertiary/aromatic N) is 3. The minimum atomic E-state index is -4.49. The number of alkyl halides is 3. The SMILES string of the molecule is Cn1c(Oc2ccc(C(F)(F)F)cc2)c(C#N)c(=O)n(C)c1=O. The second kappa shape index (κ2) is 5.64. The number of hydrogen-bond acceptors (Lipinski definition) is 4. The normalized spacial score (nSPS) is 11.1. The Hall–Kier alpha value is -3.02.